The molecule has 0 saturated heterocycles. The molecule has 1 aliphatic heterocycles. The van der Waals surface area contributed by atoms with E-state index in [2.05, 4.69) is 11.6 Å². The molecule has 18 heavy (non-hydrogen) atoms. The summed E-state index contributed by atoms with van der Waals surface area (Å²) < 4.78 is 13.8. The van der Waals surface area contributed by atoms with Crippen molar-refractivity contribution in [2.24, 2.45) is 10.7 Å². The van der Waals surface area contributed by atoms with E-state index in [1.165, 1.54) is 29.2 Å². The normalized spacial score (nSPS) is 19.0. The summed E-state index contributed by atoms with van der Waals surface area (Å²) in [6.07, 6.45) is 1.53. The summed E-state index contributed by atoms with van der Waals surface area (Å²) in [5.74, 6) is -0.422. The predicted molar refractivity (Wildman–Crippen MR) is 68.1 cm³/mol. The number of hydrogen-bond donors (Lipinski definition) is 1. The number of rotatable bonds is 3. The van der Waals surface area contributed by atoms with Crippen molar-refractivity contribution in [3.05, 3.63) is 47.3 Å². The number of nitrogens with zero attached hydrogens (tertiary/aromatic N) is 2. The first kappa shape index (κ1) is 12.6. The zero-order valence-electron chi connectivity index (χ0n) is 9.44. The van der Waals surface area contributed by atoms with Crippen LogP contribution in [-0.2, 0) is 0 Å². The minimum atomic E-state index is -0.728. The van der Waals surface area contributed by atoms with Gasteiger partial charge >= 0.3 is 6.03 Å². The Morgan fingerprint density at radius 1 is 1.61 bits per heavy atom. The lowest BCUT2D eigenvalue weighted by molar-refractivity contribution is 0.212. The molecule has 6 heteroatoms. The minimum absolute atomic E-state index is 0.0583. The second-order valence-electron chi connectivity index (χ2n) is 3.83. The molecule has 0 spiro atoms. The monoisotopic (exact) mass is 267 g/mol. The van der Waals surface area contributed by atoms with Crippen molar-refractivity contribution < 1.29 is 9.18 Å². The molecular formula is C12H11ClFN3O. The number of benzene rings is 1. The van der Waals surface area contributed by atoms with Gasteiger partial charge in [0.25, 0.3) is 0 Å². The van der Waals surface area contributed by atoms with Crippen molar-refractivity contribution >= 4 is 23.5 Å². The second kappa shape index (κ2) is 4.78. The molecule has 2 amide bonds. The molecule has 2 N–H and O–H groups in total. The van der Waals surface area contributed by atoms with Crippen molar-refractivity contribution in [1.29, 1.82) is 0 Å². The Morgan fingerprint density at radius 2 is 2.33 bits per heavy atom. The van der Waals surface area contributed by atoms with Crippen LogP contribution < -0.4 is 5.73 Å². The average Bonchev–Trinajstić information content (AvgIpc) is 2.58. The number of halogens is 2. The summed E-state index contributed by atoms with van der Waals surface area (Å²) >= 11 is 5.83. The largest absolute Gasteiger partial charge is 0.385 e. The number of aliphatic imine (C=N–C) groups is 1. The van der Waals surface area contributed by atoms with Crippen LogP contribution in [0.4, 0.5) is 9.18 Å². The Balaban J connectivity index is 2.47. The fourth-order valence-electron chi connectivity index (χ4n) is 1.88. The molecule has 0 bridgehead atoms. The molecule has 0 aromatic heterocycles. The quantitative estimate of drug-likeness (QED) is 0.856. The van der Waals surface area contributed by atoms with E-state index in [1.807, 2.05) is 0 Å². The second-order valence-corrected chi connectivity index (χ2v) is 4.27. The van der Waals surface area contributed by atoms with Crippen LogP contribution in [-0.4, -0.2) is 23.3 Å². The first-order chi connectivity index (χ1) is 8.54. The maximum Gasteiger partial charge on any atom is 0.346 e. The lowest BCUT2D eigenvalue weighted by Crippen LogP contribution is -2.34. The molecule has 0 aliphatic carbocycles. The van der Waals surface area contributed by atoms with E-state index >= 15 is 0 Å². The summed E-state index contributed by atoms with van der Waals surface area (Å²) in [4.78, 5) is 16.6. The van der Waals surface area contributed by atoms with Gasteiger partial charge in [-0.05, 0) is 18.2 Å². The van der Waals surface area contributed by atoms with E-state index in [4.69, 9.17) is 17.3 Å². The van der Waals surface area contributed by atoms with Gasteiger partial charge in [-0.15, -0.1) is 6.58 Å². The fraction of sp³-hybridized carbons (Fsp3) is 0.167. The number of urea groups is 1. The zero-order chi connectivity index (χ0) is 13.3. The Hall–Kier alpha value is -1.88. The van der Waals surface area contributed by atoms with E-state index in [-0.39, 0.29) is 17.9 Å². The number of carbonyl (C=O) groups is 1. The Labute approximate surface area is 109 Å². The van der Waals surface area contributed by atoms with Crippen LogP contribution in [0.2, 0.25) is 5.02 Å². The molecule has 1 heterocycles. The molecule has 1 aromatic carbocycles. The van der Waals surface area contributed by atoms with Crippen molar-refractivity contribution in [1.82, 2.24) is 4.90 Å². The predicted octanol–water partition coefficient (Wildman–Crippen LogP) is 2.50. The van der Waals surface area contributed by atoms with Gasteiger partial charge in [0, 0.05) is 17.1 Å². The van der Waals surface area contributed by atoms with Crippen molar-refractivity contribution in [3.63, 3.8) is 0 Å². The number of amides is 2. The molecule has 0 fully saturated rings. The molecule has 1 aromatic rings. The molecule has 2 rings (SSSR count). The van der Waals surface area contributed by atoms with E-state index in [9.17, 15) is 9.18 Å². The van der Waals surface area contributed by atoms with Crippen LogP contribution >= 0.6 is 11.6 Å². The maximum absolute atomic E-state index is 13.8. The lowest BCUT2D eigenvalue weighted by Gasteiger charge is -2.23. The highest BCUT2D eigenvalue weighted by Crippen LogP contribution is 2.30. The SMILES string of the molecule is C=CCN1C(=O)N=C(N)C1c1cc(Cl)ccc1F. The fourth-order valence-corrected chi connectivity index (χ4v) is 2.06. The molecule has 0 radical (unpaired) electrons. The molecule has 1 aliphatic rings. The van der Waals surface area contributed by atoms with Crippen molar-refractivity contribution in [3.8, 4) is 0 Å². The number of carbonyl (C=O) groups excluding carboxylic acids is 1. The summed E-state index contributed by atoms with van der Waals surface area (Å²) in [6.45, 7) is 3.78. The molecular weight excluding hydrogens is 257 g/mol. The first-order valence-corrected chi connectivity index (χ1v) is 5.63. The molecule has 1 unspecified atom stereocenters. The maximum atomic E-state index is 13.8. The highest BCUT2D eigenvalue weighted by molar-refractivity contribution is 6.30. The molecule has 0 saturated carbocycles. The van der Waals surface area contributed by atoms with Gasteiger partial charge in [-0.2, -0.15) is 4.99 Å². The van der Waals surface area contributed by atoms with Gasteiger partial charge in [-0.3, -0.25) is 0 Å². The first-order valence-electron chi connectivity index (χ1n) is 5.25. The molecule has 94 valence electrons. The van der Waals surface area contributed by atoms with Gasteiger partial charge in [0.1, 0.15) is 17.7 Å². The average molecular weight is 268 g/mol. The number of hydrogen-bond acceptors (Lipinski definition) is 2. The molecule has 4 nitrogen and oxygen atoms in total. The summed E-state index contributed by atoms with van der Waals surface area (Å²) in [5.41, 5.74) is 5.92. The summed E-state index contributed by atoms with van der Waals surface area (Å²) in [6, 6.07) is 2.88. The van der Waals surface area contributed by atoms with Gasteiger partial charge in [-0.25, -0.2) is 9.18 Å². The van der Waals surface area contributed by atoms with E-state index in [0.29, 0.717) is 5.02 Å². The van der Waals surface area contributed by atoms with Crippen LogP contribution in [0.1, 0.15) is 11.6 Å². The van der Waals surface area contributed by atoms with Gasteiger partial charge < -0.3 is 10.6 Å². The van der Waals surface area contributed by atoms with E-state index in [1.54, 1.807) is 0 Å². The Bertz CT molecular complexity index is 544. The van der Waals surface area contributed by atoms with E-state index in [0.717, 1.165) is 0 Å². The highest BCUT2D eigenvalue weighted by atomic mass is 35.5. The van der Waals surface area contributed by atoms with Gasteiger partial charge in [0.2, 0.25) is 0 Å². The van der Waals surface area contributed by atoms with Crippen molar-refractivity contribution in [2.45, 2.75) is 6.04 Å². The van der Waals surface area contributed by atoms with Crippen molar-refractivity contribution in [2.75, 3.05) is 6.54 Å². The summed E-state index contributed by atoms with van der Waals surface area (Å²) in [7, 11) is 0. The number of nitrogens with two attached hydrogens (primary N) is 1. The third-order valence-corrected chi connectivity index (χ3v) is 2.88. The summed E-state index contributed by atoms with van der Waals surface area (Å²) in [5, 5.41) is 0.372. The third kappa shape index (κ3) is 2.09. The molecule has 1 atom stereocenters. The van der Waals surface area contributed by atoms with Crippen LogP contribution in [0.25, 0.3) is 0 Å². The number of amidine groups is 1. The van der Waals surface area contributed by atoms with Gasteiger partial charge in [-0.1, -0.05) is 17.7 Å². The van der Waals surface area contributed by atoms with Crippen LogP contribution in [0.5, 0.6) is 0 Å². The van der Waals surface area contributed by atoms with Crippen LogP contribution in [0.15, 0.2) is 35.8 Å². The van der Waals surface area contributed by atoms with Crippen LogP contribution in [0, 0.1) is 5.82 Å². The topological polar surface area (TPSA) is 58.7 Å². The van der Waals surface area contributed by atoms with E-state index < -0.39 is 17.9 Å². The Kier molecular flexibility index (Phi) is 3.34. The van der Waals surface area contributed by atoms with Gasteiger partial charge in [0.15, 0.2) is 0 Å². The standard InChI is InChI=1S/C12H11ClFN3O/c1-2-5-17-10(11(15)16-12(17)18)8-6-7(13)3-4-9(8)14/h2-4,6,10H,1,5H2,(H2,15,16,18). The highest BCUT2D eigenvalue weighted by Gasteiger charge is 2.35. The Morgan fingerprint density at radius 3 is 3.00 bits per heavy atom. The minimum Gasteiger partial charge on any atom is -0.385 e. The smallest absolute Gasteiger partial charge is 0.346 e. The van der Waals surface area contributed by atoms with Gasteiger partial charge in [0.05, 0.1) is 0 Å². The van der Waals surface area contributed by atoms with Crippen LogP contribution in [0.3, 0.4) is 0 Å². The zero-order valence-corrected chi connectivity index (χ0v) is 10.2. The third-order valence-electron chi connectivity index (χ3n) is 2.64. The lowest BCUT2D eigenvalue weighted by atomic mass is 10.0.